The zero-order valence-corrected chi connectivity index (χ0v) is 14.1. The Kier molecular flexibility index (Phi) is 4.24. The molecule has 0 aromatic carbocycles. The van der Waals surface area contributed by atoms with Gasteiger partial charge in [-0.2, -0.15) is 0 Å². The highest BCUT2D eigenvalue weighted by Crippen LogP contribution is 2.33. The average Bonchev–Trinajstić information content (AvgIpc) is 3.11. The van der Waals surface area contributed by atoms with Crippen molar-refractivity contribution in [2.75, 3.05) is 13.2 Å². The van der Waals surface area contributed by atoms with Gasteiger partial charge in [-0.1, -0.05) is 11.2 Å². The summed E-state index contributed by atoms with van der Waals surface area (Å²) in [5.41, 5.74) is 2.15. The number of aryl methyl sites for hydroxylation is 2. The molecule has 2 saturated heterocycles. The first kappa shape index (κ1) is 15.6. The van der Waals surface area contributed by atoms with Gasteiger partial charge >= 0.3 is 0 Å². The van der Waals surface area contributed by atoms with Crippen molar-refractivity contribution in [1.82, 2.24) is 15.0 Å². The molecule has 0 spiro atoms. The van der Waals surface area contributed by atoms with Crippen molar-refractivity contribution in [3.05, 3.63) is 41.4 Å². The van der Waals surface area contributed by atoms with Crippen LogP contribution in [0.2, 0.25) is 0 Å². The predicted molar refractivity (Wildman–Crippen MR) is 87.8 cm³/mol. The SMILES string of the molecule is Cc1noc(C)c1CN1C[C@H](Oc2ccccn2)[C@H]2OCCC[C@H]21. The van der Waals surface area contributed by atoms with Crippen LogP contribution >= 0.6 is 0 Å². The Bertz CT molecular complexity index is 669. The molecular weight excluding hydrogens is 306 g/mol. The molecule has 2 fully saturated rings. The maximum atomic E-state index is 6.14. The minimum atomic E-state index is 0.00525. The van der Waals surface area contributed by atoms with Crippen molar-refractivity contribution in [3.8, 4) is 5.88 Å². The molecule has 24 heavy (non-hydrogen) atoms. The minimum absolute atomic E-state index is 0.00525. The molecule has 2 aromatic rings. The first-order chi connectivity index (χ1) is 11.7. The average molecular weight is 329 g/mol. The summed E-state index contributed by atoms with van der Waals surface area (Å²) >= 11 is 0. The van der Waals surface area contributed by atoms with Crippen LogP contribution in [-0.2, 0) is 11.3 Å². The second-order valence-corrected chi connectivity index (χ2v) is 6.60. The van der Waals surface area contributed by atoms with Crippen LogP contribution in [0.3, 0.4) is 0 Å². The van der Waals surface area contributed by atoms with E-state index >= 15 is 0 Å². The van der Waals surface area contributed by atoms with Crippen LogP contribution in [0.1, 0.15) is 29.9 Å². The summed E-state index contributed by atoms with van der Waals surface area (Å²) in [4.78, 5) is 6.74. The van der Waals surface area contributed by atoms with Crippen molar-refractivity contribution in [2.24, 2.45) is 0 Å². The normalized spacial score (nSPS) is 27.2. The fourth-order valence-corrected chi connectivity index (χ4v) is 3.79. The Morgan fingerprint density at radius 3 is 3.00 bits per heavy atom. The fourth-order valence-electron chi connectivity index (χ4n) is 3.79. The fraction of sp³-hybridized carbons (Fsp3) is 0.556. The maximum absolute atomic E-state index is 6.14. The van der Waals surface area contributed by atoms with Crippen molar-refractivity contribution >= 4 is 0 Å². The molecule has 0 amide bonds. The highest BCUT2D eigenvalue weighted by Gasteiger charge is 2.45. The van der Waals surface area contributed by atoms with Crippen LogP contribution in [0.5, 0.6) is 5.88 Å². The van der Waals surface area contributed by atoms with E-state index in [0.717, 1.165) is 44.0 Å². The molecule has 2 aliphatic rings. The number of rotatable bonds is 4. The van der Waals surface area contributed by atoms with Crippen LogP contribution in [0.15, 0.2) is 28.9 Å². The smallest absolute Gasteiger partial charge is 0.213 e. The second-order valence-electron chi connectivity index (χ2n) is 6.60. The van der Waals surface area contributed by atoms with Crippen LogP contribution in [0, 0.1) is 13.8 Å². The zero-order chi connectivity index (χ0) is 16.5. The number of fused-ring (bicyclic) bond motifs is 1. The molecule has 0 aliphatic carbocycles. The highest BCUT2D eigenvalue weighted by atomic mass is 16.5. The Morgan fingerprint density at radius 2 is 2.25 bits per heavy atom. The van der Waals surface area contributed by atoms with Crippen LogP contribution in [0.25, 0.3) is 0 Å². The molecule has 0 bridgehead atoms. The lowest BCUT2D eigenvalue weighted by molar-refractivity contribution is -0.0480. The molecule has 4 heterocycles. The minimum Gasteiger partial charge on any atom is -0.470 e. The van der Waals surface area contributed by atoms with Gasteiger partial charge in [0.2, 0.25) is 5.88 Å². The Hall–Kier alpha value is -1.92. The monoisotopic (exact) mass is 329 g/mol. The number of nitrogens with zero attached hydrogens (tertiary/aromatic N) is 3. The van der Waals surface area contributed by atoms with E-state index < -0.39 is 0 Å². The summed E-state index contributed by atoms with van der Waals surface area (Å²) in [5, 5.41) is 4.07. The maximum Gasteiger partial charge on any atom is 0.213 e. The van der Waals surface area contributed by atoms with Gasteiger partial charge in [0.05, 0.1) is 5.69 Å². The van der Waals surface area contributed by atoms with Gasteiger partial charge in [0.1, 0.15) is 18.0 Å². The Labute approximate surface area is 141 Å². The van der Waals surface area contributed by atoms with Gasteiger partial charge in [0.15, 0.2) is 0 Å². The summed E-state index contributed by atoms with van der Waals surface area (Å²) in [6, 6.07) is 6.11. The van der Waals surface area contributed by atoms with Gasteiger partial charge in [0, 0.05) is 43.6 Å². The van der Waals surface area contributed by atoms with Gasteiger partial charge in [-0.25, -0.2) is 4.98 Å². The van der Waals surface area contributed by atoms with Crippen molar-refractivity contribution in [2.45, 2.75) is 51.5 Å². The zero-order valence-electron chi connectivity index (χ0n) is 14.1. The molecule has 6 nitrogen and oxygen atoms in total. The molecule has 3 atom stereocenters. The number of hydrogen-bond acceptors (Lipinski definition) is 6. The summed E-state index contributed by atoms with van der Waals surface area (Å²) < 4.78 is 17.5. The third-order valence-corrected chi connectivity index (χ3v) is 5.04. The Balaban J connectivity index is 1.53. The van der Waals surface area contributed by atoms with E-state index in [1.165, 1.54) is 5.56 Å². The van der Waals surface area contributed by atoms with Crippen LogP contribution < -0.4 is 4.74 Å². The molecule has 0 saturated carbocycles. The van der Waals surface area contributed by atoms with E-state index in [0.29, 0.717) is 11.9 Å². The molecular formula is C18H23N3O3. The predicted octanol–water partition coefficient (Wildman–Crippen LogP) is 2.50. The third kappa shape index (κ3) is 2.91. The topological polar surface area (TPSA) is 60.6 Å². The Morgan fingerprint density at radius 1 is 1.33 bits per heavy atom. The molecule has 2 aliphatic heterocycles. The first-order valence-electron chi connectivity index (χ1n) is 8.57. The molecule has 6 heteroatoms. The molecule has 128 valence electrons. The summed E-state index contributed by atoms with van der Waals surface area (Å²) in [6.45, 7) is 6.44. The van der Waals surface area contributed by atoms with E-state index in [9.17, 15) is 0 Å². The number of hydrogen-bond donors (Lipinski definition) is 0. The highest BCUT2D eigenvalue weighted by molar-refractivity contribution is 5.21. The standard InChI is InChI=1S/C18H23N3O3/c1-12-14(13(2)24-20-12)10-21-11-16(18-15(21)6-5-9-22-18)23-17-7-3-4-8-19-17/h3-4,7-8,15-16,18H,5-6,9-11H2,1-2H3/t15-,16+,18+/m1/s1. The van der Waals surface area contributed by atoms with Crippen LogP contribution in [-0.4, -0.2) is 46.4 Å². The van der Waals surface area contributed by atoms with Crippen molar-refractivity contribution in [1.29, 1.82) is 0 Å². The largest absolute Gasteiger partial charge is 0.470 e. The van der Waals surface area contributed by atoms with Gasteiger partial charge in [-0.15, -0.1) is 0 Å². The lowest BCUT2D eigenvalue weighted by atomic mass is 10.0. The van der Waals surface area contributed by atoms with Crippen molar-refractivity contribution < 1.29 is 14.0 Å². The number of ether oxygens (including phenoxy) is 2. The molecule has 0 N–H and O–H groups in total. The second kappa shape index (κ2) is 6.53. The quantitative estimate of drug-likeness (QED) is 0.859. The lowest BCUT2D eigenvalue weighted by Gasteiger charge is -2.32. The summed E-state index contributed by atoms with van der Waals surface area (Å²) in [5.74, 6) is 1.56. The van der Waals surface area contributed by atoms with E-state index in [1.54, 1.807) is 6.20 Å². The molecule has 0 radical (unpaired) electrons. The number of likely N-dealkylation sites (tertiary alicyclic amines) is 1. The lowest BCUT2D eigenvalue weighted by Crippen LogP contribution is -2.42. The van der Waals surface area contributed by atoms with Gasteiger partial charge < -0.3 is 14.0 Å². The first-order valence-corrected chi connectivity index (χ1v) is 8.57. The number of aromatic nitrogens is 2. The van der Waals surface area contributed by atoms with E-state index in [2.05, 4.69) is 15.0 Å². The molecule has 4 rings (SSSR count). The summed E-state index contributed by atoms with van der Waals surface area (Å²) in [6.07, 6.45) is 4.09. The van der Waals surface area contributed by atoms with Gasteiger partial charge in [-0.05, 0) is 32.8 Å². The van der Waals surface area contributed by atoms with Crippen LogP contribution in [0.4, 0.5) is 0 Å². The number of pyridine rings is 1. The van der Waals surface area contributed by atoms with Crippen molar-refractivity contribution in [3.63, 3.8) is 0 Å². The summed E-state index contributed by atoms with van der Waals surface area (Å²) in [7, 11) is 0. The van der Waals surface area contributed by atoms with Gasteiger partial charge in [-0.3, -0.25) is 4.90 Å². The molecule has 0 unspecified atom stereocenters. The van der Waals surface area contributed by atoms with E-state index in [-0.39, 0.29) is 12.2 Å². The molecule has 2 aromatic heterocycles. The van der Waals surface area contributed by atoms with Gasteiger partial charge in [0.25, 0.3) is 0 Å². The third-order valence-electron chi connectivity index (χ3n) is 5.04. The van der Waals surface area contributed by atoms with E-state index in [4.69, 9.17) is 14.0 Å². The van der Waals surface area contributed by atoms with E-state index in [1.807, 2.05) is 32.0 Å².